The Morgan fingerprint density at radius 2 is 2.23 bits per heavy atom. The van der Waals surface area contributed by atoms with E-state index in [0.29, 0.717) is 4.21 Å². The molecule has 0 aliphatic heterocycles. The molecule has 1 aromatic rings. The molecule has 0 bridgehead atoms. The van der Waals surface area contributed by atoms with Crippen molar-refractivity contribution in [1.29, 1.82) is 0 Å². The van der Waals surface area contributed by atoms with Gasteiger partial charge in [-0.25, -0.2) is 8.42 Å². The predicted octanol–water partition coefficient (Wildman–Crippen LogP) is 2.60. The van der Waals surface area contributed by atoms with Crippen molar-refractivity contribution in [2.75, 3.05) is 0 Å². The van der Waals surface area contributed by atoms with Crippen LogP contribution in [0.15, 0.2) is 38.4 Å². The molecule has 0 radical (unpaired) electrons. The summed E-state index contributed by atoms with van der Waals surface area (Å²) in [5.41, 5.74) is 3.53. The molecule has 0 aromatic carbocycles. The highest BCUT2D eigenvalue weighted by Gasteiger charge is 2.09. The lowest BCUT2D eigenvalue weighted by molar-refractivity contribution is 0.606. The van der Waals surface area contributed by atoms with Crippen LogP contribution in [0, 0.1) is 0 Å². The van der Waals surface area contributed by atoms with Crippen molar-refractivity contribution in [2.45, 2.75) is 18.1 Å². The first-order valence-electron chi connectivity index (χ1n) is 3.71. The third kappa shape index (κ3) is 2.84. The van der Waals surface area contributed by atoms with E-state index in [1.165, 1.54) is 11.3 Å². The van der Waals surface area contributed by atoms with Gasteiger partial charge in [-0.2, -0.15) is 0 Å². The van der Waals surface area contributed by atoms with E-state index >= 15 is 0 Å². The lowest BCUT2D eigenvalue weighted by Gasteiger charge is -1.89. The molecule has 0 saturated carbocycles. The number of rotatable bonds is 2. The lowest BCUT2D eigenvalue weighted by atomic mass is 10.4. The third-order valence-electron chi connectivity index (χ3n) is 1.28. The number of hydrogen-bond acceptors (Lipinski definition) is 3. The molecule has 0 amide bonds. The summed E-state index contributed by atoms with van der Waals surface area (Å²) in [6.45, 7) is 3.61. The van der Waals surface area contributed by atoms with Gasteiger partial charge in [0.2, 0.25) is 9.84 Å². The first-order chi connectivity index (χ1) is 6.02. The molecule has 0 N–H and O–H groups in total. The van der Waals surface area contributed by atoms with Crippen molar-refractivity contribution in [1.82, 2.24) is 0 Å². The summed E-state index contributed by atoms with van der Waals surface area (Å²) in [7, 11) is -3.25. The number of thiophene rings is 1. The van der Waals surface area contributed by atoms with Crippen LogP contribution in [0.4, 0.5) is 0 Å². The van der Waals surface area contributed by atoms with Crippen molar-refractivity contribution < 1.29 is 8.42 Å². The van der Waals surface area contributed by atoms with Crippen molar-refractivity contribution in [2.24, 2.45) is 0 Å². The van der Waals surface area contributed by atoms with Crippen LogP contribution < -0.4 is 0 Å². The second kappa shape index (κ2) is 3.92. The highest BCUT2D eigenvalue weighted by atomic mass is 32.2. The summed E-state index contributed by atoms with van der Waals surface area (Å²) in [6, 6.07) is 3.30. The van der Waals surface area contributed by atoms with Crippen molar-refractivity contribution >= 4 is 21.2 Å². The van der Waals surface area contributed by atoms with E-state index in [2.05, 4.69) is 5.73 Å². The number of sulfone groups is 1. The maximum absolute atomic E-state index is 11.5. The molecular formula is C9H10O2S2. The molecule has 1 aromatic heterocycles. The molecule has 0 unspecified atom stereocenters. The van der Waals surface area contributed by atoms with E-state index in [1.807, 2.05) is 0 Å². The fourth-order valence-corrected chi connectivity index (χ4v) is 2.75. The fourth-order valence-electron chi connectivity index (χ4n) is 0.679. The summed E-state index contributed by atoms with van der Waals surface area (Å²) >= 11 is 1.21. The van der Waals surface area contributed by atoms with Gasteiger partial charge in [-0.15, -0.1) is 17.1 Å². The summed E-state index contributed by atoms with van der Waals surface area (Å²) in [6.07, 6.45) is 0. The molecule has 0 aliphatic rings. The van der Waals surface area contributed by atoms with Crippen LogP contribution in [0.25, 0.3) is 0 Å². The minimum atomic E-state index is -3.25. The normalized spacial score (nSPS) is 10.6. The Labute approximate surface area is 82.1 Å². The molecule has 2 nitrogen and oxygen atoms in total. The van der Waals surface area contributed by atoms with E-state index < -0.39 is 9.84 Å². The van der Waals surface area contributed by atoms with E-state index in [0.717, 1.165) is 11.0 Å². The van der Waals surface area contributed by atoms with Gasteiger partial charge in [0.15, 0.2) is 0 Å². The summed E-state index contributed by atoms with van der Waals surface area (Å²) < 4.78 is 23.3. The zero-order valence-corrected chi connectivity index (χ0v) is 9.08. The van der Waals surface area contributed by atoms with Gasteiger partial charge in [0.1, 0.15) is 4.21 Å². The van der Waals surface area contributed by atoms with Crippen LogP contribution in [0.3, 0.4) is 0 Å². The summed E-state index contributed by atoms with van der Waals surface area (Å²) in [4.78, 5) is 0. The second-order valence-corrected chi connectivity index (χ2v) is 5.71. The summed E-state index contributed by atoms with van der Waals surface area (Å²) in [5, 5.41) is 2.86. The van der Waals surface area contributed by atoms with Crippen molar-refractivity contribution in [3.8, 4) is 0 Å². The first-order valence-corrected chi connectivity index (χ1v) is 6.13. The molecule has 1 rings (SSSR count). The van der Waals surface area contributed by atoms with E-state index in [-0.39, 0.29) is 0 Å². The Bertz CT molecular complexity index is 428. The second-order valence-electron chi connectivity index (χ2n) is 2.74. The van der Waals surface area contributed by atoms with E-state index in [4.69, 9.17) is 0 Å². The first kappa shape index (κ1) is 10.3. The molecule has 4 heteroatoms. The van der Waals surface area contributed by atoms with Crippen LogP contribution in [0.5, 0.6) is 0 Å². The molecule has 13 heavy (non-hydrogen) atoms. The Kier molecular flexibility index (Phi) is 3.09. The van der Waals surface area contributed by atoms with Crippen LogP contribution in [-0.4, -0.2) is 8.42 Å². The molecule has 0 fully saturated rings. The van der Waals surface area contributed by atoms with Crippen molar-refractivity contribution in [3.63, 3.8) is 0 Å². The monoisotopic (exact) mass is 214 g/mol. The van der Waals surface area contributed by atoms with Crippen LogP contribution in [0.2, 0.25) is 0 Å². The van der Waals surface area contributed by atoms with Crippen LogP contribution in [-0.2, 0) is 9.84 Å². The fraction of sp³-hybridized carbons (Fsp3) is 0.222. The quantitative estimate of drug-likeness (QED) is 0.709. The standard InChI is InChI=1S/C9H10O2S2/c1-8(2)5-7-13(10,11)9-4-3-6-12-9/h3-4,6-7H,1-2H3. The smallest absolute Gasteiger partial charge is 0.216 e. The van der Waals surface area contributed by atoms with Gasteiger partial charge < -0.3 is 0 Å². The van der Waals surface area contributed by atoms with Gasteiger partial charge >= 0.3 is 0 Å². The minimum absolute atomic E-state index is 0.362. The van der Waals surface area contributed by atoms with Gasteiger partial charge in [0.25, 0.3) is 0 Å². The molecule has 70 valence electrons. The van der Waals surface area contributed by atoms with E-state index in [9.17, 15) is 8.42 Å². The zero-order valence-electron chi connectivity index (χ0n) is 7.44. The Hall–Kier alpha value is -0.830. The highest BCUT2D eigenvalue weighted by molar-refractivity contribution is 7.96. The molecule has 0 spiro atoms. The van der Waals surface area contributed by atoms with Crippen molar-refractivity contribution in [3.05, 3.63) is 34.2 Å². The van der Waals surface area contributed by atoms with Gasteiger partial charge in [-0.1, -0.05) is 6.07 Å². The molecule has 0 saturated heterocycles. The predicted molar refractivity (Wildman–Crippen MR) is 54.4 cm³/mol. The largest absolute Gasteiger partial charge is 0.218 e. The van der Waals surface area contributed by atoms with Gasteiger partial charge in [-0.3, -0.25) is 0 Å². The Morgan fingerprint density at radius 1 is 1.54 bits per heavy atom. The Morgan fingerprint density at radius 3 is 2.69 bits per heavy atom. The van der Waals surface area contributed by atoms with Gasteiger partial charge in [-0.05, 0) is 30.9 Å². The number of hydrogen-bond donors (Lipinski definition) is 0. The average molecular weight is 214 g/mol. The van der Waals surface area contributed by atoms with Gasteiger partial charge in [0, 0.05) is 0 Å². The molecule has 1 heterocycles. The SMILES string of the molecule is CC(C)=C=CS(=O)(=O)c1cccs1. The van der Waals surface area contributed by atoms with E-state index in [1.54, 1.807) is 31.4 Å². The Balaban J connectivity index is 3.13. The zero-order chi connectivity index (χ0) is 9.90. The maximum atomic E-state index is 11.5. The average Bonchev–Trinajstić information content (AvgIpc) is 2.53. The van der Waals surface area contributed by atoms with Crippen LogP contribution in [0.1, 0.15) is 13.8 Å². The number of allylic oxidation sites excluding steroid dienone is 1. The lowest BCUT2D eigenvalue weighted by Crippen LogP contribution is -1.90. The maximum Gasteiger partial charge on any atom is 0.216 e. The molecule has 0 atom stereocenters. The highest BCUT2D eigenvalue weighted by Crippen LogP contribution is 2.17. The third-order valence-corrected chi connectivity index (χ3v) is 4.05. The molecule has 0 aliphatic carbocycles. The topological polar surface area (TPSA) is 34.1 Å². The molecular weight excluding hydrogens is 204 g/mol. The summed E-state index contributed by atoms with van der Waals surface area (Å²) in [5.74, 6) is 0. The van der Waals surface area contributed by atoms with Gasteiger partial charge in [0.05, 0.1) is 5.41 Å². The van der Waals surface area contributed by atoms with Crippen LogP contribution >= 0.6 is 11.3 Å². The minimum Gasteiger partial charge on any atom is -0.218 e.